The zero-order valence-electron chi connectivity index (χ0n) is 14.1. The number of benzene rings is 2. The first-order valence-corrected chi connectivity index (χ1v) is 9.71. The third-order valence-corrected chi connectivity index (χ3v) is 5.92. The number of hydrogen-bond acceptors (Lipinski definition) is 6. The predicted molar refractivity (Wildman–Crippen MR) is 101 cm³/mol. The van der Waals surface area contributed by atoms with Gasteiger partial charge < -0.3 is 5.32 Å². The quantitative estimate of drug-likeness (QED) is 0.577. The molecule has 5 nitrogen and oxygen atoms in total. The van der Waals surface area contributed by atoms with Gasteiger partial charge in [0.25, 0.3) is 0 Å². The molecule has 0 bridgehead atoms. The molecular weight excluding hydrogens is 346 g/mol. The zero-order valence-corrected chi connectivity index (χ0v) is 14.9. The lowest BCUT2D eigenvalue weighted by atomic mass is 9.83. The summed E-state index contributed by atoms with van der Waals surface area (Å²) < 4.78 is 8.77. The fraction of sp³-hybridized carbons (Fsp3) is 0.300. The average molecular weight is 363 g/mol. The van der Waals surface area contributed by atoms with Gasteiger partial charge in [0.05, 0.1) is 23.0 Å². The number of fused-ring (bicyclic) bond motifs is 4. The number of rotatable bonds is 2. The predicted octanol–water partition coefficient (Wildman–Crippen LogP) is 4.21. The van der Waals surface area contributed by atoms with Crippen LogP contribution in [0, 0.1) is 0 Å². The van der Waals surface area contributed by atoms with E-state index >= 15 is 0 Å². The van der Waals surface area contributed by atoms with Crippen LogP contribution in [0.4, 0.5) is 5.69 Å². The van der Waals surface area contributed by atoms with Gasteiger partial charge in [-0.05, 0) is 18.9 Å². The van der Waals surface area contributed by atoms with E-state index < -0.39 is 0 Å². The Morgan fingerprint density at radius 2 is 1.58 bits per heavy atom. The van der Waals surface area contributed by atoms with Gasteiger partial charge in [-0.15, -0.1) is 0 Å². The highest BCUT2D eigenvalue weighted by atomic mass is 32.1. The molecule has 2 aromatic carbocycles. The SMILES string of the molecule is O=C1c2ccccc2C(=O)c2c1cc(NC1CCCCC1)c1nsnc21. The molecule has 130 valence electrons. The monoisotopic (exact) mass is 363 g/mol. The van der Waals surface area contributed by atoms with Gasteiger partial charge >= 0.3 is 0 Å². The van der Waals surface area contributed by atoms with E-state index in [9.17, 15) is 9.59 Å². The van der Waals surface area contributed by atoms with Gasteiger partial charge in [0, 0.05) is 22.7 Å². The molecule has 1 saturated carbocycles. The van der Waals surface area contributed by atoms with Crippen LogP contribution in [0.2, 0.25) is 0 Å². The number of ketones is 2. The maximum absolute atomic E-state index is 13.0. The number of nitrogens with zero attached hydrogens (tertiary/aromatic N) is 2. The Balaban J connectivity index is 1.68. The summed E-state index contributed by atoms with van der Waals surface area (Å²) in [7, 11) is 0. The Morgan fingerprint density at radius 1 is 0.885 bits per heavy atom. The van der Waals surface area contributed by atoms with Gasteiger partial charge in [-0.25, -0.2) is 0 Å². The van der Waals surface area contributed by atoms with Gasteiger partial charge in [-0.1, -0.05) is 43.5 Å². The number of nitrogens with one attached hydrogen (secondary N) is 1. The van der Waals surface area contributed by atoms with Crippen molar-refractivity contribution in [1.29, 1.82) is 0 Å². The summed E-state index contributed by atoms with van der Waals surface area (Å²) in [5.41, 5.74) is 3.81. The fourth-order valence-corrected chi connectivity index (χ4v) is 4.65. The zero-order chi connectivity index (χ0) is 17.7. The molecule has 1 N–H and O–H groups in total. The summed E-state index contributed by atoms with van der Waals surface area (Å²) in [6.07, 6.45) is 5.94. The third kappa shape index (κ3) is 2.29. The molecule has 0 amide bonds. The van der Waals surface area contributed by atoms with Crippen molar-refractivity contribution in [3.8, 4) is 0 Å². The van der Waals surface area contributed by atoms with Crippen molar-refractivity contribution in [1.82, 2.24) is 8.75 Å². The van der Waals surface area contributed by atoms with Crippen molar-refractivity contribution >= 4 is 40.0 Å². The molecule has 0 unspecified atom stereocenters. The van der Waals surface area contributed by atoms with Crippen LogP contribution in [0.5, 0.6) is 0 Å². The van der Waals surface area contributed by atoms with Crippen LogP contribution in [0.3, 0.4) is 0 Å². The minimum absolute atomic E-state index is 0.114. The van der Waals surface area contributed by atoms with Gasteiger partial charge in [-0.2, -0.15) is 8.75 Å². The Kier molecular flexibility index (Phi) is 3.60. The second kappa shape index (κ2) is 5.99. The lowest BCUT2D eigenvalue weighted by Crippen LogP contribution is -2.24. The summed E-state index contributed by atoms with van der Waals surface area (Å²) in [5, 5.41) is 3.56. The number of anilines is 1. The van der Waals surface area contributed by atoms with E-state index in [0.717, 1.165) is 30.3 Å². The standard InChI is InChI=1S/C20H17N3O2S/c24-19-12-8-4-5-9-13(12)20(25)16-14(19)10-15(17-18(16)23-26-22-17)21-11-6-2-1-3-7-11/h4-5,8-11,21H,1-3,6-7H2. The normalized spacial score (nSPS) is 17.2. The lowest BCUT2D eigenvalue weighted by molar-refractivity contribution is 0.0980. The highest BCUT2D eigenvalue weighted by Gasteiger charge is 2.33. The van der Waals surface area contributed by atoms with Crippen molar-refractivity contribution in [2.75, 3.05) is 5.32 Å². The van der Waals surface area contributed by atoms with E-state index in [0.29, 0.717) is 39.3 Å². The van der Waals surface area contributed by atoms with Crippen LogP contribution in [-0.2, 0) is 0 Å². The summed E-state index contributed by atoms with van der Waals surface area (Å²) in [4.78, 5) is 26.1. The Bertz CT molecular complexity index is 1050. The molecule has 6 heteroatoms. The van der Waals surface area contributed by atoms with Gasteiger partial charge in [0.15, 0.2) is 11.6 Å². The number of hydrogen-bond donors (Lipinski definition) is 1. The Labute approximate surface area is 154 Å². The second-order valence-corrected chi connectivity index (χ2v) is 7.52. The minimum Gasteiger partial charge on any atom is -0.380 e. The molecule has 0 saturated heterocycles. The average Bonchev–Trinajstić information content (AvgIpc) is 3.17. The van der Waals surface area contributed by atoms with Gasteiger partial charge in [0.2, 0.25) is 0 Å². The van der Waals surface area contributed by atoms with Crippen LogP contribution < -0.4 is 5.32 Å². The van der Waals surface area contributed by atoms with E-state index in [1.165, 1.54) is 19.3 Å². The van der Waals surface area contributed by atoms with E-state index in [4.69, 9.17) is 0 Å². The van der Waals surface area contributed by atoms with Crippen molar-refractivity contribution < 1.29 is 9.59 Å². The van der Waals surface area contributed by atoms with Gasteiger partial charge in [0.1, 0.15) is 11.0 Å². The molecule has 0 radical (unpaired) electrons. The maximum atomic E-state index is 13.0. The highest BCUT2D eigenvalue weighted by Crippen LogP contribution is 2.36. The van der Waals surface area contributed by atoms with E-state index in [2.05, 4.69) is 14.1 Å². The Hall–Kier alpha value is -2.60. The molecular formula is C20H17N3O2S. The first kappa shape index (κ1) is 15.6. The molecule has 0 aliphatic heterocycles. The van der Waals surface area contributed by atoms with E-state index in [1.54, 1.807) is 24.3 Å². The lowest BCUT2D eigenvalue weighted by Gasteiger charge is -2.25. The number of carbonyl (C=O) groups excluding carboxylic acids is 2. The maximum Gasteiger partial charge on any atom is 0.196 e. The van der Waals surface area contributed by atoms with Crippen LogP contribution >= 0.6 is 11.7 Å². The first-order valence-electron chi connectivity index (χ1n) is 8.98. The van der Waals surface area contributed by atoms with Crippen molar-refractivity contribution in [3.05, 3.63) is 52.6 Å². The summed E-state index contributed by atoms with van der Waals surface area (Å²) in [6.45, 7) is 0. The highest BCUT2D eigenvalue weighted by molar-refractivity contribution is 7.00. The van der Waals surface area contributed by atoms with E-state index in [-0.39, 0.29) is 11.6 Å². The van der Waals surface area contributed by atoms with Crippen LogP contribution in [0.25, 0.3) is 11.0 Å². The molecule has 0 atom stereocenters. The molecule has 1 heterocycles. The van der Waals surface area contributed by atoms with Gasteiger partial charge in [-0.3, -0.25) is 9.59 Å². The molecule has 3 aromatic rings. The molecule has 2 aliphatic rings. The number of carbonyl (C=O) groups is 2. The molecule has 5 rings (SSSR count). The van der Waals surface area contributed by atoms with Crippen molar-refractivity contribution in [2.24, 2.45) is 0 Å². The molecule has 1 fully saturated rings. The molecule has 0 spiro atoms. The second-order valence-electron chi connectivity index (χ2n) is 6.99. The summed E-state index contributed by atoms with van der Waals surface area (Å²) in [5.74, 6) is -0.256. The van der Waals surface area contributed by atoms with Crippen molar-refractivity contribution in [3.63, 3.8) is 0 Å². The van der Waals surface area contributed by atoms with Crippen LogP contribution in [-0.4, -0.2) is 26.4 Å². The van der Waals surface area contributed by atoms with Crippen LogP contribution in [0.15, 0.2) is 30.3 Å². The third-order valence-electron chi connectivity index (χ3n) is 5.39. The van der Waals surface area contributed by atoms with Crippen LogP contribution in [0.1, 0.15) is 63.9 Å². The molecule has 1 aromatic heterocycles. The first-order chi connectivity index (χ1) is 12.7. The number of aromatic nitrogens is 2. The van der Waals surface area contributed by atoms with Crippen molar-refractivity contribution in [2.45, 2.75) is 38.1 Å². The Morgan fingerprint density at radius 3 is 2.35 bits per heavy atom. The summed E-state index contributed by atoms with van der Waals surface area (Å²) in [6, 6.07) is 9.19. The fourth-order valence-electron chi connectivity index (χ4n) is 4.09. The largest absolute Gasteiger partial charge is 0.380 e. The smallest absolute Gasteiger partial charge is 0.196 e. The topological polar surface area (TPSA) is 72.0 Å². The van der Waals surface area contributed by atoms with E-state index in [1.807, 2.05) is 6.07 Å². The molecule has 2 aliphatic carbocycles. The molecule has 26 heavy (non-hydrogen) atoms. The minimum atomic E-state index is -0.142. The summed E-state index contributed by atoms with van der Waals surface area (Å²) >= 11 is 1.08.